The van der Waals surface area contributed by atoms with Crippen LogP contribution in [-0.2, 0) is 9.59 Å². The number of hydrogen-bond donors (Lipinski definition) is 2. The Bertz CT molecular complexity index is 485. The van der Waals surface area contributed by atoms with E-state index in [1.54, 1.807) is 13.0 Å². The minimum atomic E-state index is -0.893. The van der Waals surface area contributed by atoms with Gasteiger partial charge in [0.25, 0.3) is 0 Å². The number of nitrogens with one attached hydrogen (secondary N) is 1. The van der Waals surface area contributed by atoms with Crippen molar-refractivity contribution in [3.63, 3.8) is 0 Å². The second-order valence-corrected chi connectivity index (χ2v) is 4.89. The number of ether oxygens (including phenoxy) is 1. The fourth-order valence-electron chi connectivity index (χ4n) is 1.90. The van der Waals surface area contributed by atoms with Crippen molar-refractivity contribution in [2.75, 3.05) is 11.9 Å². The molecule has 5 nitrogen and oxygen atoms in total. The lowest BCUT2D eigenvalue weighted by atomic mass is 10.0. The highest BCUT2D eigenvalue weighted by atomic mass is 16.5. The quantitative estimate of drug-likeness (QED) is 0.804. The first-order valence-electron chi connectivity index (χ1n) is 6.67. The third kappa shape index (κ3) is 5.30. The van der Waals surface area contributed by atoms with Crippen LogP contribution in [0.4, 0.5) is 5.69 Å². The van der Waals surface area contributed by atoms with E-state index in [2.05, 4.69) is 5.32 Å². The van der Waals surface area contributed by atoms with Crippen molar-refractivity contribution < 1.29 is 19.4 Å². The van der Waals surface area contributed by atoms with Crippen molar-refractivity contribution in [2.45, 2.75) is 33.6 Å². The van der Waals surface area contributed by atoms with Crippen LogP contribution in [0.3, 0.4) is 0 Å². The van der Waals surface area contributed by atoms with E-state index in [-0.39, 0.29) is 24.7 Å². The molecule has 1 amide bonds. The van der Waals surface area contributed by atoms with E-state index in [0.717, 1.165) is 5.56 Å². The van der Waals surface area contributed by atoms with Crippen molar-refractivity contribution >= 4 is 17.6 Å². The zero-order valence-electron chi connectivity index (χ0n) is 12.1. The van der Waals surface area contributed by atoms with Gasteiger partial charge in [-0.05, 0) is 37.5 Å². The SMILES string of the molecule is CCOc1cc(C)ccc1NC(=O)CC(C)CC(=O)O. The van der Waals surface area contributed by atoms with Crippen LogP contribution < -0.4 is 10.1 Å². The van der Waals surface area contributed by atoms with Crippen molar-refractivity contribution in [1.29, 1.82) is 0 Å². The number of carbonyl (C=O) groups excluding carboxylic acids is 1. The number of amides is 1. The Kier molecular flexibility index (Phi) is 6.03. The van der Waals surface area contributed by atoms with Crippen LogP contribution in [0.25, 0.3) is 0 Å². The lowest BCUT2D eigenvalue weighted by molar-refractivity contribution is -0.138. The second-order valence-electron chi connectivity index (χ2n) is 4.89. The Hall–Kier alpha value is -2.04. The molecule has 2 N–H and O–H groups in total. The van der Waals surface area contributed by atoms with E-state index in [9.17, 15) is 9.59 Å². The van der Waals surface area contributed by atoms with Crippen LogP contribution in [0, 0.1) is 12.8 Å². The largest absolute Gasteiger partial charge is 0.492 e. The Morgan fingerprint density at radius 3 is 2.65 bits per heavy atom. The molecule has 0 radical (unpaired) electrons. The molecule has 0 spiro atoms. The van der Waals surface area contributed by atoms with E-state index in [1.807, 2.05) is 26.0 Å². The summed E-state index contributed by atoms with van der Waals surface area (Å²) in [5.74, 6) is -0.667. The first-order chi connectivity index (χ1) is 9.42. The van der Waals surface area contributed by atoms with Crippen LogP contribution in [0.15, 0.2) is 18.2 Å². The van der Waals surface area contributed by atoms with Crippen molar-refractivity contribution in [3.05, 3.63) is 23.8 Å². The van der Waals surface area contributed by atoms with Crippen molar-refractivity contribution in [1.82, 2.24) is 0 Å². The maximum atomic E-state index is 11.9. The molecule has 0 aliphatic heterocycles. The van der Waals surface area contributed by atoms with Gasteiger partial charge in [-0.15, -0.1) is 0 Å². The third-order valence-corrected chi connectivity index (χ3v) is 2.77. The van der Waals surface area contributed by atoms with Crippen LogP contribution in [0.5, 0.6) is 5.75 Å². The number of hydrogen-bond acceptors (Lipinski definition) is 3. The van der Waals surface area contributed by atoms with Gasteiger partial charge in [0.15, 0.2) is 0 Å². The summed E-state index contributed by atoms with van der Waals surface area (Å²) < 4.78 is 5.48. The number of aryl methyl sites for hydroxylation is 1. The molecule has 20 heavy (non-hydrogen) atoms. The van der Waals surface area contributed by atoms with Gasteiger partial charge >= 0.3 is 5.97 Å². The highest BCUT2D eigenvalue weighted by Gasteiger charge is 2.14. The number of aliphatic carboxylic acids is 1. The molecule has 0 saturated carbocycles. The zero-order valence-corrected chi connectivity index (χ0v) is 12.1. The standard InChI is InChI=1S/C15H21NO4/c1-4-20-13-7-10(2)5-6-12(13)16-14(17)8-11(3)9-15(18)19/h5-7,11H,4,8-9H2,1-3H3,(H,16,17)(H,18,19). The van der Waals surface area contributed by atoms with Crippen molar-refractivity contribution in [2.24, 2.45) is 5.92 Å². The highest BCUT2D eigenvalue weighted by molar-refractivity contribution is 5.92. The topological polar surface area (TPSA) is 75.6 Å². The summed E-state index contributed by atoms with van der Waals surface area (Å²) >= 11 is 0. The monoisotopic (exact) mass is 279 g/mol. The minimum Gasteiger partial charge on any atom is -0.492 e. The Balaban J connectivity index is 2.67. The fraction of sp³-hybridized carbons (Fsp3) is 0.467. The second kappa shape index (κ2) is 7.53. The number of carbonyl (C=O) groups is 2. The average Bonchev–Trinajstić information content (AvgIpc) is 2.31. The first-order valence-corrected chi connectivity index (χ1v) is 6.67. The lowest BCUT2D eigenvalue weighted by Gasteiger charge is -2.13. The maximum absolute atomic E-state index is 11.9. The van der Waals surface area contributed by atoms with Crippen LogP contribution in [0.2, 0.25) is 0 Å². The normalized spacial score (nSPS) is 11.8. The van der Waals surface area contributed by atoms with Crippen molar-refractivity contribution in [3.8, 4) is 5.75 Å². The molecule has 5 heteroatoms. The molecular weight excluding hydrogens is 258 g/mol. The van der Waals surface area contributed by atoms with Gasteiger partial charge < -0.3 is 15.2 Å². The molecule has 1 unspecified atom stereocenters. The minimum absolute atomic E-state index is 0.0143. The highest BCUT2D eigenvalue weighted by Crippen LogP contribution is 2.26. The molecule has 0 aromatic heterocycles. The number of benzene rings is 1. The van der Waals surface area contributed by atoms with E-state index in [0.29, 0.717) is 18.0 Å². The van der Waals surface area contributed by atoms with E-state index in [1.165, 1.54) is 0 Å². The van der Waals surface area contributed by atoms with Gasteiger partial charge in [-0.1, -0.05) is 13.0 Å². The van der Waals surface area contributed by atoms with Gasteiger partial charge in [0.1, 0.15) is 5.75 Å². The van der Waals surface area contributed by atoms with Gasteiger partial charge in [-0.25, -0.2) is 0 Å². The molecule has 1 aromatic rings. The third-order valence-electron chi connectivity index (χ3n) is 2.77. The predicted octanol–water partition coefficient (Wildman–Crippen LogP) is 2.83. The number of anilines is 1. The van der Waals surface area contributed by atoms with Gasteiger partial charge in [0.05, 0.1) is 12.3 Å². The molecular formula is C15H21NO4. The predicted molar refractivity (Wildman–Crippen MR) is 77.0 cm³/mol. The van der Waals surface area contributed by atoms with E-state index in [4.69, 9.17) is 9.84 Å². The fourth-order valence-corrected chi connectivity index (χ4v) is 1.90. The maximum Gasteiger partial charge on any atom is 0.303 e. The zero-order chi connectivity index (χ0) is 15.1. The molecule has 0 aliphatic rings. The summed E-state index contributed by atoms with van der Waals surface area (Å²) in [7, 11) is 0. The number of rotatable bonds is 7. The Morgan fingerprint density at radius 1 is 1.35 bits per heavy atom. The van der Waals surface area contributed by atoms with Crippen LogP contribution in [0.1, 0.15) is 32.3 Å². The summed E-state index contributed by atoms with van der Waals surface area (Å²) in [4.78, 5) is 22.5. The lowest BCUT2D eigenvalue weighted by Crippen LogP contribution is -2.17. The smallest absolute Gasteiger partial charge is 0.303 e. The van der Waals surface area contributed by atoms with Crippen LogP contribution in [-0.4, -0.2) is 23.6 Å². The summed E-state index contributed by atoms with van der Waals surface area (Å²) in [5, 5.41) is 11.4. The first kappa shape index (κ1) is 16.0. The molecule has 0 heterocycles. The Labute approximate surface area is 118 Å². The van der Waals surface area contributed by atoms with E-state index < -0.39 is 5.97 Å². The molecule has 0 aliphatic carbocycles. The van der Waals surface area contributed by atoms with Gasteiger partial charge in [-0.2, -0.15) is 0 Å². The van der Waals surface area contributed by atoms with Crippen LogP contribution >= 0.6 is 0 Å². The average molecular weight is 279 g/mol. The number of carboxylic acid groups (broad SMARTS) is 1. The summed E-state index contributed by atoms with van der Waals surface area (Å²) in [6, 6.07) is 5.54. The molecule has 1 aromatic carbocycles. The Morgan fingerprint density at radius 2 is 2.05 bits per heavy atom. The molecule has 1 atom stereocenters. The number of carboxylic acids is 1. The molecule has 0 saturated heterocycles. The van der Waals surface area contributed by atoms with Gasteiger partial charge in [0.2, 0.25) is 5.91 Å². The summed E-state index contributed by atoms with van der Waals surface area (Å²) in [6.07, 6.45) is 0.158. The molecule has 0 bridgehead atoms. The van der Waals surface area contributed by atoms with Gasteiger partial charge in [0, 0.05) is 12.8 Å². The molecule has 0 fully saturated rings. The molecule has 110 valence electrons. The summed E-state index contributed by atoms with van der Waals surface area (Å²) in [5.41, 5.74) is 1.66. The molecule has 1 rings (SSSR count). The van der Waals surface area contributed by atoms with Gasteiger partial charge in [-0.3, -0.25) is 9.59 Å². The van der Waals surface area contributed by atoms with E-state index >= 15 is 0 Å². The summed E-state index contributed by atoms with van der Waals surface area (Å²) in [6.45, 7) is 6.08.